The van der Waals surface area contributed by atoms with E-state index in [1.165, 1.54) is 0 Å². The molecule has 1 N–H and O–H groups in total. The largest absolute Gasteiger partial charge is 0.459 e. The predicted molar refractivity (Wildman–Crippen MR) is 72.4 cm³/mol. The first-order valence-corrected chi connectivity index (χ1v) is 7.55. The highest BCUT2D eigenvalue weighted by atomic mass is 16.6. The van der Waals surface area contributed by atoms with E-state index in [4.69, 9.17) is 4.74 Å². The summed E-state index contributed by atoms with van der Waals surface area (Å²) < 4.78 is 5.82. The second-order valence-corrected chi connectivity index (χ2v) is 7.08. The summed E-state index contributed by atoms with van der Waals surface area (Å²) in [5.41, 5.74) is -0.444. The van der Waals surface area contributed by atoms with Crippen molar-refractivity contribution in [3.63, 3.8) is 0 Å². The lowest BCUT2D eigenvalue weighted by molar-refractivity contribution is -0.168. The molecule has 0 aromatic rings. The zero-order valence-corrected chi connectivity index (χ0v) is 11.8. The Balaban J connectivity index is 1.61. The van der Waals surface area contributed by atoms with Gasteiger partial charge in [0.1, 0.15) is 5.60 Å². The third-order valence-corrected chi connectivity index (χ3v) is 5.33. The third kappa shape index (κ3) is 2.45. The molecule has 0 aromatic heterocycles. The lowest BCUT2D eigenvalue weighted by Gasteiger charge is -2.33. The number of carbonyl (C=O) groups excluding carboxylic acids is 1. The Bertz CT molecular complexity index is 399. The van der Waals surface area contributed by atoms with Crippen LogP contribution < -0.4 is 0 Å². The quantitative estimate of drug-likeness (QED) is 0.629. The molecular formula is C16H24O3. The van der Waals surface area contributed by atoms with Gasteiger partial charge in [-0.15, -0.1) is 0 Å². The van der Waals surface area contributed by atoms with Crippen LogP contribution in [-0.4, -0.2) is 22.8 Å². The van der Waals surface area contributed by atoms with Crippen LogP contribution in [0.3, 0.4) is 0 Å². The Morgan fingerprint density at radius 2 is 2.00 bits per heavy atom. The molecule has 0 aromatic carbocycles. The lowest BCUT2D eigenvalue weighted by atomic mass is 9.88. The molecule has 0 saturated heterocycles. The zero-order valence-electron chi connectivity index (χ0n) is 11.8. The molecule has 106 valence electrons. The fourth-order valence-corrected chi connectivity index (χ4v) is 4.06. The van der Waals surface area contributed by atoms with Gasteiger partial charge in [-0.2, -0.15) is 0 Å². The molecule has 5 unspecified atom stereocenters. The van der Waals surface area contributed by atoms with Crippen molar-refractivity contribution in [1.82, 2.24) is 0 Å². The molecule has 3 nitrogen and oxygen atoms in total. The lowest BCUT2D eigenvalue weighted by Crippen LogP contribution is -2.38. The van der Waals surface area contributed by atoms with E-state index in [1.54, 1.807) is 0 Å². The summed E-state index contributed by atoms with van der Waals surface area (Å²) in [6.45, 7) is 3.99. The van der Waals surface area contributed by atoms with E-state index in [2.05, 4.69) is 12.2 Å². The Kier molecular flexibility index (Phi) is 3.20. The maximum atomic E-state index is 12.4. The minimum atomic E-state index is -0.444. The number of aliphatic hydroxyl groups is 1. The van der Waals surface area contributed by atoms with E-state index in [-0.39, 0.29) is 18.0 Å². The first-order valence-electron chi connectivity index (χ1n) is 7.55. The highest BCUT2D eigenvalue weighted by molar-refractivity contribution is 5.74. The first-order chi connectivity index (χ1) is 8.95. The van der Waals surface area contributed by atoms with Crippen molar-refractivity contribution >= 4 is 5.97 Å². The van der Waals surface area contributed by atoms with Crippen molar-refractivity contribution in [3.8, 4) is 0 Å². The minimum absolute atomic E-state index is 0.0248. The highest BCUT2D eigenvalue weighted by Gasteiger charge is 2.44. The van der Waals surface area contributed by atoms with E-state index >= 15 is 0 Å². The minimum Gasteiger partial charge on any atom is -0.459 e. The van der Waals surface area contributed by atoms with Gasteiger partial charge >= 0.3 is 5.97 Å². The van der Waals surface area contributed by atoms with Crippen molar-refractivity contribution < 1.29 is 14.6 Å². The average molecular weight is 264 g/mol. The van der Waals surface area contributed by atoms with Crippen molar-refractivity contribution in [1.29, 1.82) is 0 Å². The SMILES string of the molecule is CC(C)(OC(=O)C1CC2C=CC1C2)C1CCC(O)C1. The number of rotatable bonds is 3. The summed E-state index contributed by atoms with van der Waals surface area (Å²) in [6, 6.07) is 0. The van der Waals surface area contributed by atoms with E-state index < -0.39 is 5.60 Å². The van der Waals surface area contributed by atoms with Gasteiger partial charge in [0.05, 0.1) is 12.0 Å². The number of fused-ring (bicyclic) bond motifs is 2. The Hall–Kier alpha value is -0.830. The van der Waals surface area contributed by atoms with E-state index in [0.717, 1.165) is 32.1 Å². The molecule has 19 heavy (non-hydrogen) atoms. The average Bonchev–Trinajstić information content (AvgIpc) is 3.02. The van der Waals surface area contributed by atoms with Crippen LogP contribution in [0.25, 0.3) is 0 Å². The van der Waals surface area contributed by atoms with Crippen molar-refractivity contribution in [2.24, 2.45) is 23.7 Å². The molecule has 3 heteroatoms. The first kappa shape index (κ1) is 13.2. The van der Waals surface area contributed by atoms with Crippen LogP contribution in [0.2, 0.25) is 0 Å². The van der Waals surface area contributed by atoms with Crippen molar-refractivity contribution in [3.05, 3.63) is 12.2 Å². The summed E-state index contributed by atoms with van der Waals surface area (Å²) >= 11 is 0. The maximum Gasteiger partial charge on any atom is 0.310 e. The molecule has 3 rings (SSSR count). The zero-order chi connectivity index (χ0) is 13.6. The van der Waals surface area contributed by atoms with E-state index in [0.29, 0.717) is 17.8 Å². The number of hydrogen-bond donors (Lipinski definition) is 1. The summed E-state index contributed by atoms with van der Waals surface area (Å²) in [6.07, 6.45) is 8.86. The molecule has 3 aliphatic carbocycles. The van der Waals surface area contributed by atoms with E-state index in [1.807, 2.05) is 13.8 Å². The summed E-state index contributed by atoms with van der Waals surface area (Å²) in [4.78, 5) is 12.4. The van der Waals surface area contributed by atoms with Gasteiger partial charge in [0.2, 0.25) is 0 Å². The van der Waals surface area contributed by atoms with Crippen LogP contribution in [0.4, 0.5) is 0 Å². The molecule has 0 aliphatic heterocycles. The van der Waals surface area contributed by atoms with Gasteiger partial charge in [0.25, 0.3) is 0 Å². The van der Waals surface area contributed by atoms with Crippen LogP contribution in [-0.2, 0) is 9.53 Å². The number of esters is 1. The van der Waals surface area contributed by atoms with Crippen LogP contribution in [0, 0.1) is 23.7 Å². The van der Waals surface area contributed by atoms with Gasteiger partial charge in [-0.1, -0.05) is 12.2 Å². The molecule has 0 radical (unpaired) electrons. The summed E-state index contributed by atoms with van der Waals surface area (Å²) in [5.74, 6) is 1.34. The van der Waals surface area contributed by atoms with Gasteiger partial charge in [0, 0.05) is 5.92 Å². The molecule has 2 saturated carbocycles. The van der Waals surface area contributed by atoms with Gasteiger partial charge in [0.15, 0.2) is 0 Å². The fraction of sp³-hybridized carbons (Fsp3) is 0.812. The molecule has 2 bridgehead atoms. The predicted octanol–water partition coefficient (Wildman–Crippen LogP) is 2.68. The van der Waals surface area contributed by atoms with E-state index in [9.17, 15) is 9.90 Å². The molecule has 0 spiro atoms. The fourth-order valence-electron chi connectivity index (χ4n) is 4.06. The van der Waals surface area contributed by atoms with Gasteiger partial charge in [-0.3, -0.25) is 4.79 Å². The normalized spacial score (nSPS) is 40.9. The van der Waals surface area contributed by atoms with Crippen LogP contribution in [0.15, 0.2) is 12.2 Å². The summed E-state index contributed by atoms with van der Waals surface area (Å²) in [5, 5.41) is 9.64. The highest BCUT2D eigenvalue weighted by Crippen LogP contribution is 2.45. The third-order valence-electron chi connectivity index (χ3n) is 5.33. The molecule has 0 heterocycles. The monoisotopic (exact) mass is 264 g/mol. The van der Waals surface area contributed by atoms with Gasteiger partial charge < -0.3 is 9.84 Å². The van der Waals surface area contributed by atoms with Crippen LogP contribution >= 0.6 is 0 Å². The number of allylic oxidation sites excluding steroid dienone is 2. The molecule has 3 aliphatic rings. The van der Waals surface area contributed by atoms with Crippen molar-refractivity contribution in [2.45, 2.75) is 57.7 Å². The smallest absolute Gasteiger partial charge is 0.310 e. The molecule has 5 atom stereocenters. The van der Waals surface area contributed by atoms with Gasteiger partial charge in [-0.25, -0.2) is 0 Å². The second kappa shape index (κ2) is 4.62. The molecule has 0 amide bonds. The van der Waals surface area contributed by atoms with Crippen LogP contribution in [0.5, 0.6) is 0 Å². The standard InChI is InChI=1S/C16H24O3/c1-16(2,12-5-6-13(17)9-12)19-15(18)14-8-10-3-4-11(14)7-10/h3-4,10-14,17H,5-9H2,1-2H3. The van der Waals surface area contributed by atoms with Crippen LogP contribution in [0.1, 0.15) is 46.0 Å². The summed E-state index contributed by atoms with van der Waals surface area (Å²) in [7, 11) is 0. The Labute approximate surface area is 115 Å². The Morgan fingerprint density at radius 3 is 2.53 bits per heavy atom. The second-order valence-electron chi connectivity index (χ2n) is 7.08. The number of aliphatic hydroxyl groups excluding tert-OH is 1. The van der Waals surface area contributed by atoms with Gasteiger partial charge in [-0.05, 0) is 57.8 Å². The Morgan fingerprint density at radius 1 is 1.21 bits per heavy atom. The molecule has 2 fully saturated rings. The molecular weight excluding hydrogens is 240 g/mol. The number of hydrogen-bond acceptors (Lipinski definition) is 3. The van der Waals surface area contributed by atoms with Crippen molar-refractivity contribution in [2.75, 3.05) is 0 Å². The number of carbonyl (C=O) groups is 1. The number of ether oxygens (including phenoxy) is 1. The topological polar surface area (TPSA) is 46.5 Å². The maximum absolute atomic E-state index is 12.4.